The topological polar surface area (TPSA) is 57.2 Å². The summed E-state index contributed by atoms with van der Waals surface area (Å²) in [7, 11) is -3.54. The third kappa shape index (κ3) is 20.2. The Labute approximate surface area is 159 Å². The summed E-state index contributed by atoms with van der Waals surface area (Å²) in [5.41, 5.74) is 0. The van der Waals surface area contributed by atoms with Crippen LogP contribution in [0.5, 0.6) is 0 Å². The normalized spacial score (nSPS) is 11.2. The smallest absolute Gasteiger partial charge is 0.739 e. The molecule has 3 nitrogen and oxygen atoms in total. The maximum absolute atomic E-state index is 10.3. The van der Waals surface area contributed by atoms with Crippen molar-refractivity contribution in [3.8, 4) is 0 Å². The number of unbranched alkanes of at least 4 members (excludes halogenated alkanes) is 9. The monoisotopic (exact) mass is 320 g/mol. The first kappa shape index (κ1) is 22.2. The van der Waals surface area contributed by atoms with E-state index < -0.39 is 9.15 Å². The van der Waals surface area contributed by atoms with Crippen LogP contribution in [0.1, 0.15) is 71.1 Å². The van der Waals surface area contributed by atoms with Crippen LogP contribution in [-0.2, 0) is 9.15 Å². The third-order valence-electron chi connectivity index (χ3n) is 2.73. The predicted molar refractivity (Wildman–Crippen MR) is 74.0 cm³/mol. The Morgan fingerprint density at radius 3 is 1.61 bits per heavy atom. The van der Waals surface area contributed by atoms with Crippen LogP contribution in [0.25, 0.3) is 0 Å². The van der Waals surface area contributed by atoms with E-state index in [1.807, 2.05) is 0 Å². The van der Waals surface area contributed by atoms with E-state index in [4.69, 9.17) is 0 Å². The number of rotatable bonds is 12. The minimum absolute atomic E-state index is 0. The molecule has 0 atom stereocenters. The van der Waals surface area contributed by atoms with E-state index >= 15 is 0 Å². The summed E-state index contributed by atoms with van der Waals surface area (Å²) >= 11 is 0. The van der Waals surface area contributed by atoms with Crippen molar-refractivity contribution in [1.82, 2.24) is 0 Å². The second-order valence-electron chi connectivity index (χ2n) is 4.41. The van der Waals surface area contributed by atoms with Crippen LogP contribution in [-0.4, -0.2) is 18.7 Å². The van der Waals surface area contributed by atoms with Crippen molar-refractivity contribution >= 4 is 19.9 Å². The Morgan fingerprint density at radius 1 is 0.833 bits per heavy atom. The first-order chi connectivity index (χ1) is 8.06. The average molecular weight is 321 g/mol. The molecule has 0 spiro atoms. The van der Waals surface area contributed by atoms with Crippen LogP contribution in [0.2, 0.25) is 0 Å². The standard InChI is InChI=1S/C12H26O3S2.K/c1-2-3-4-5-6-7-8-9-10-11-12-16-17(13,14)15;/h2-12H2,1H3,(H,13,14,15);/q;+1/p-1. The van der Waals surface area contributed by atoms with Crippen LogP contribution < -0.4 is 51.4 Å². The molecular formula is C12H25KO3S2. The van der Waals surface area contributed by atoms with Gasteiger partial charge in [0.15, 0.2) is 0 Å². The van der Waals surface area contributed by atoms with Gasteiger partial charge in [0.05, 0.1) is 0 Å². The predicted octanol–water partition coefficient (Wildman–Crippen LogP) is 1.10. The molecule has 0 bridgehead atoms. The van der Waals surface area contributed by atoms with Crippen LogP contribution in [0, 0.1) is 0 Å². The summed E-state index contributed by atoms with van der Waals surface area (Å²) in [6, 6.07) is 0. The molecular weight excluding hydrogens is 295 g/mol. The SMILES string of the molecule is CCCCCCCCCCCCSS(=O)(=O)[O-].[K+]. The Balaban J connectivity index is 0. The second kappa shape index (κ2) is 15.3. The number of hydrogen-bond donors (Lipinski definition) is 0. The van der Waals surface area contributed by atoms with Gasteiger partial charge in [-0.2, -0.15) is 0 Å². The molecule has 0 aliphatic heterocycles. The zero-order chi connectivity index (χ0) is 13.0. The zero-order valence-corrected chi connectivity index (χ0v) is 16.6. The van der Waals surface area contributed by atoms with Gasteiger partial charge >= 0.3 is 51.4 Å². The fraction of sp³-hybridized carbons (Fsp3) is 1.00. The maximum Gasteiger partial charge on any atom is 1.00 e. The van der Waals surface area contributed by atoms with Crippen LogP contribution in [0.4, 0.5) is 0 Å². The summed E-state index contributed by atoms with van der Waals surface area (Å²) in [6.07, 6.45) is 12.2. The minimum Gasteiger partial charge on any atom is -0.739 e. The van der Waals surface area contributed by atoms with Crippen molar-refractivity contribution in [2.24, 2.45) is 0 Å². The summed E-state index contributed by atoms with van der Waals surface area (Å²) in [6.45, 7) is 2.22. The van der Waals surface area contributed by atoms with Crippen molar-refractivity contribution in [2.45, 2.75) is 71.1 Å². The molecule has 18 heavy (non-hydrogen) atoms. The minimum atomic E-state index is -4.07. The molecule has 104 valence electrons. The van der Waals surface area contributed by atoms with Crippen molar-refractivity contribution in [2.75, 3.05) is 5.75 Å². The van der Waals surface area contributed by atoms with Crippen molar-refractivity contribution in [1.29, 1.82) is 0 Å². The quantitative estimate of drug-likeness (QED) is 0.234. The fourth-order valence-corrected chi connectivity index (χ4v) is 3.24. The largest absolute Gasteiger partial charge is 1.00 e. The third-order valence-corrected chi connectivity index (χ3v) is 4.84. The Morgan fingerprint density at radius 2 is 1.22 bits per heavy atom. The van der Waals surface area contributed by atoms with E-state index in [-0.39, 0.29) is 51.4 Å². The molecule has 0 aliphatic carbocycles. The molecule has 0 aromatic heterocycles. The van der Waals surface area contributed by atoms with E-state index in [9.17, 15) is 13.0 Å². The first-order valence-corrected chi connectivity index (χ1v) is 9.57. The second-order valence-corrected chi connectivity index (χ2v) is 7.80. The van der Waals surface area contributed by atoms with Crippen LogP contribution in [0.15, 0.2) is 0 Å². The molecule has 0 aromatic rings. The van der Waals surface area contributed by atoms with Crippen molar-refractivity contribution < 1.29 is 64.4 Å². The molecule has 0 saturated heterocycles. The van der Waals surface area contributed by atoms with E-state index in [2.05, 4.69) is 6.92 Å². The zero-order valence-electron chi connectivity index (χ0n) is 11.8. The van der Waals surface area contributed by atoms with E-state index in [1.54, 1.807) is 0 Å². The Bertz CT molecular complexity index is 256. The molecule has 0 aliphatic rings. The van der Waals surface area contributed by atoms with Gasteiger partial charge in [0, 0.05) is 5.75 Å². The molecule has 0 fully saturated rings. The first-order valence-electron chi connectivity index (χ1n) is 6.66. The molecule has 0 unspecified atom stereocenters. The summed E-state index contributed by atoms with van der Waals surface area (Å²) in [5, 5.41) is 0. The molecule has 0 aromatic carbocycles. The van der Waals surface area contributed by atoms with Crippen molar-refractivity contribution in [3.63, 3.8) is 0 Å². The molecule has 0 rings (SSSR count). The summed E-state index contributed by atoms with van der Waals surface area (Å²) in [5.74, 6) is 0.447. The average Bonchev–Trinajstić information content (AvgIpc) is 2.24. The van der Waals surface area contributed by atoms with Gasteiger partial charge in [-0.05, 0) is 17.2 Å². The van der Waals surface area contributed by atoms with Crippen molar-refractivity contribution in [3.05, 3.63) is 0 Å². The molecule has 0 radical (unpaired) electrons. The van der Waals surface area contributed by atoms with E-state index in [0.29, 0.717) is 16.5 Å². The number of hydrogen-bond acceptors (Lipinski definition) is 4. The fourth-order valence-electron chi connectivity index (χ4n) is 1.75. The van der Waals surface area contributed by atoms with Crippen LogP contribution in [0.3, 0.4) is 0 Å². The van der Waals surface area contributed by atoms with E-state index in [1.165, 1.54) is 44.9 Å². The van der Waals surface area contributed by atoms with Gasteiger partial charge in [-0.25, -0.2) is 8.42 Å². The van der Waals surface area contributed by atoms with Gasteiger partial charge in [-0.1, -0.05) is 64.7 Å². The Hall–Kier alpha value is 1.90. The van der Waals surface area contributed by atoms with Gasteiger partial charge < -0.3 is 4.55 Å². The Kier molecular flexibility index (Phi) is 18.8. The molecule has 0 saturated carbocycles. The van der Waals surface area contributed by atoms with E-state index in [0.717, 1.165) is 19.3 Å². The molecule has 0 heterocycles. The van der Waals surface area contributed by atoms with Gasteiger partial charge in [0.25, 0.3) is 0 Å². The summed E-state index contributed by atoms with van der Waals surface area (Å²) in [4.78, 5) is 0. The molecule has 6 heteroatoms. The van der Waals surface area contributed by atoms with Crippen LogP contribution >= 0.6 is 10.8 Å². The van der Waals surface area contributed by atoms with Gasteiger partial charge in [-0.3, -0.25) is 0 Å². The van der Waals surface area contributed by atoms with Gasteiger partial charge in [-0.15, -0.1) is 0 Å². The van der Waals surface area contributed by atoms with Gasteiger partial charge in [0.1, 0.15) is 9.15 Å². The van der Waals surface area contributed by atoms with Gasteiger partial charge in [0.2, 0.25) is 0 Å². The maximum atomic E-state index is 10.3. The molecule has 0 amide bonds. The summed E-state index contributed by atoms with van der Waals surface area (Å²) < 4.78 is 30.9. The molecule has 0 N–H and O–H groups in total.